The maximum atomic E-state index is 3.42. The van der Waals surface area contributed by atoms with Gasteiger partial charge in [-0.15, -0.1) is 24.2 Å². The molecule has 0 spiro atoms. The number of rotatable bonds is 2. The van der Waals surface area contributed by atoms with Gasteiger partial charge in [-0.1, -0.05) is 13.3 Å². The van der Waals surface area contributed by atoms with E-state index in [9.17, 15) is 0 Å². The molecule has 0 aromatic rings. The Bertz CT molecular complexity index is 64.1. The Hall–Kier alpha value is 0.600. The van der Waals surface area contributed by atoms with Gasteiger partial charge in [0.2, 0.25) is 0 Å². The molecule has 1 heterocycles. The molecule has 9 heavy (non-hydrogen) atoms. The van der Waals surface area contributed by atoms with Crippen LogP contribution < -0.4 is 5.32 Å². The summed E-state index contributed by atoms with van der Waals surface area (Å²) in [6.07, 6.45) is 2.65. The van der Waals surface area contributed by atoms with Crippen molar-refractivity contribution in [3.8, 4) is 0 Å². The van der Waals surface area contributed by atoms with Crippen molar-refractivity contribution in [1.82, 2.24) is 5.32 Å². The molecule has 0 aromatic heterocycles. The standard InChI is InChI=1S/C6H13NS.ClH/c1-2-3-6-7-4-5-8-6;/h6-7H,2-5H2,1H3;1H. The van der Waals surface area contributed by atoms with E-state index in [0.717, 1.165) is 5.37 Å². The van der Waals surface area contributed by atoms with Crippen molar-refractivity contribution in [2.75, 3.05) is 12.3 Å². The van der Waals surface area contributed by atoms with Crippen LogP contribution in [0.1, 0.15) is 19.8 Å². The van der Waals surface area contributed by atoms with Crippen molar-refractivity contribution >= 4 is 24.2 Å². The van der Waals surface area contributed by atoms with Crippen LogP contribution in [0.25, 0.3) is 0 Å². The van der Waals surface area contributed by atoms with Gasteiger partial charge in [-0.05, 0) is 6.42 Å². The second-order valence-corrected chi connectivity index (χ2v) is 3.41. The number of halogens is 1. The van der Waals surface area contributed by atoms with E-state index in [2.05, 4.69) is 24.0 Å². The van der Waals surface area contributed by atoms with Crippen molar-refractivity contribution in [2.24, 2.45) is 0 Å². The Balaban J connectivity index is 0.000000640. The lowest BCUT2D eigenvalue weighted by molar-refractivity contribution is 0.649. The van der Waals surface area contributed by atoms with Crippen LogP contribution in [-0.4, -0.2) is 17.7 Å². The SMILES string of the molecule is CCCC1NCCS1.Cl. The topological polar surface area (TPSA) is 12.0 Å². The predicted octanol–water partition coefficient (Wildman–Crippen LogP) is 1.87. The highest BCUT2D eigenvalue weighted by Gasteiger charge is 2.11. The van der Waals surface area contributed by atoms with E-state index in [1.165, 1.54) is 25.1 Å². The molecule has 1 fully saturated rings. The van der Waals surface area contributed by atoms with Crippen molar-refractivity contribution < 1.29 is 0 Å². The molecule has 0 aromatic carbocycles. The Morgan fingerprint density at radius 1 is 1.67 bits per heavy atom. The molecule has 0 amide bonds. The van der Waals surface area contributed by atoms with Gasteiger partial charge in [-0.2, -0.15) is 0 Å². The van der Waals surface area contributed by atoms with E-state index in [1.54, 1.807) is 0 Å². The first-order chi connectivity index (χ1) is 3.93. The van der Waals surface area contributed by atoms with Crippen molar-refractivity contribution in [1.29, 1.82) is 0 Å². The molecule has 0 bridgehead atoms. The number of nitrogens with one attached hydrogen (secondary N) is 1. The summed E-state index contributed by atoms with van der Waals surface area (Å²) >= 11 is 2.06. The molecule has 1 atom stereocenters. The lowest BCUT2D eigenvalue weighted by Gasteiger charge is -2.04. The van der Waals surface area contributed by atoms with Crippen molar-refractivity contribution in [3.05, 3.63) is 0 Å². The monoisotopic (exact) mass is 167 g/mol. The molecule has 1 rings (SSSR count). The lowest BCUT2D eigenvalue weighted by Crippen LogP contribution is -2.18. The Labute approximate surface area is 67.4 Å². The highest BCUT2D eigenvalue weighted by Crippen LogP contribution is 2.17. The van der Waals surface area contributed by atoms with Crippen LogP contribution >= 0.6 is 24.2 Å². The van der Waals surface area contributed by atoms with Crippen LogP contribution in [0.4, 0.5) is 0 Å². The van der Waals surface area contributed by atoms with Gasteiger partial charge in [0, 0.05) is 12.3 Å². The van der Waals surface area contributed by atoms with Gasteiger partial charge < -0.3 is 5.32 Å². The highest BCUT2D eigenvalue weighted by molar-refractivity contribution is 8.00. The van der Waals surface area contributed by atoms with Crippen LogP contribution in [-0.2, 0) is 0 Å². The predicted molar refractivity (Wildman–Crippen MR) is 46.4 cm³/mol. The van der Waals surface area contributed by atoms with E-state index in [4.69, 9.17) is 0 Å². The first-order valence-corrected chi connectivity index (χ1v) is 4.33. The third-order valence-corrected chi connectivity index (χ3v) is 2.59. The van der Waals surface area contributed by atoms with Gasteiger partial charge in [0.15, 0.2) is 0 Å². The quantitative estimate of drug-likeness (QED) is 0.674. The molecule has 1 nitrogen and oxygen atoms in total. The second kappa shape index (κ2) is 5.39. The second-order valence-electron chi connectivity index (χ2n) is 2.10. The largest absolute Gasteiger partial charge is 0.305 e. The number of hydrogen-bond donors (Lipinski definition) is 1. The molecule has 1 aliphatic heterocycles. The van der Waals surface area contributed by atoms with E-state index in [0.29, 0.717) is 0 Å². The maximum Gasteiger partial charge on any atom is 0.0532 e. The third-order valence-electron chi connectivity index (χ3n) is 1.34. The molecular weight excluding hydrogens is 154 g/mol. The Morgan fingerprint density at radius 2 is 2.44 bits per heavy atom. The Kier molecular flexibility index (Phi) is 5.75. The number of thioether (sulfide) groups is 1. The smallest absolute Gasteiger partial charge is 0.0532 e. The fraction of sp³-hybridized carbons (Fsp3) is 1.00. The summed E-state index contributed by atoms with van der Waals surface area (Å²) in [5.41, 5.74) is 0. The van der Waals surface area contributed by atoms with E-state index >= 15 is 0 Å². The molecule has 1 unspecified atom stereocenters. The first kappa shape index (κ1) is 9.60. The zero-order valence-corrected chi connectivity index (χ0v) is 7.36. The summed E-state index contributed by atoms with van der Waals surface area (Å²) in [5.74, 6) is 1.31. The van der Waals surface area contributed by atoms with Crippen LogP contribution in [0.15, 0.2) is 0 Å². The van der Waals surface area contributed by atoms with Gasteiger partial charge in [-0.3, -0.25) is 0 Å². The van der Waals surface area contributed by atoms with Crippen LogP contribution in [0.3, 0.4) is 0 Å². The minimum atomic E-state index is 0. The minimum Gasteiger partial charge on any atom is -0.305 e. The van der Waals surface area contributed by atoms with Gasteiger partial charge in [0.05, 0.1) is 5.37 Å². The van der Waals surface area contributed by atoms with Crippen LogP contribution in [0.5, 0.6) is 0 Å². The molecule has 1 aliphatic rings. The normalized spacial score (nSPS) is 25.7. The van der Waals surface area contributed by atoms with Crippen LogP contribution in [0.2, 0.25) is 0 Å². The first-order valence-electron chi connectivity index (χ1n) is 3.28. The molecule has 56 valence electrons. The van der Waals surface area contributed by atoms with Gasteiger partial charge in [0.25, 0.3) is 0 Å². The lowest BCUT2D eigenvalue weighted by atomic mass is 10.3. The van der Waals surface area contributed by atoms with Gasteiger partial charge >= 0.3 is 0 Å². The zero-order chi connectivity index (χ0) is 5.82. The molecule has 1 N–H and O–H groups in total. The summed E-state index contributed by atoms with van der Waals surface area (Å²) < 4.78 is 0. The summed E-state index contributed by atoms with van der Waals surface area (Å²) in [4.78, 5) is 0. The third kappa shape index (κ3) is 3.33. The Morgan fingerprint density at radius 3 is 2.89 bits per heavy atom. The van der Waals surface area contributed by atoms with Crippen molar-refractivity contribution in [2.45, 2.75) is 25.1 Å². The summed E-state index contributed by atoms with van der Waals surface area (Å²) in [5, 5.41) is 4.20. The van der Waals surface area contributed by atoms with Gasteiger partial charge in [-0.25, -0.2) is 0 Å². The zero-order valence-electron chi connectivity index (χ0n) is 5.72. The average Bonchev–Trinajstić information content (AvgIpc) is 2.19. The van der Waals surface area contributed by atoms with Crippen molar-refractivity contribution in [3.63, 3.8) is 0 Å². The van der Waals surface area contributed by atoms with Crippen LogP contribution in [0, 0.1) is 0 Å². The summed E-state index contributed by atoms with van der Waals surface area (Å²) in [6, 6.07) is 0. The average molecular weight is 168 g/mol. The molecule has 1 saturated heterocycles. The molecule has 0 aliphatic carbocycles. The highest BCUT2D eigenvalue weighted by atomic mass is 35.5. The fourth-order valence-electron chi connectivity index (χ4n) is 0.928. The number of hydrogen-bond acceptors (Lipinski definition) is 2. The summed E-state index contributed by atoms with van der Waals surface area (Å²) in [7, 11) is 0. The van der Waals surface area contributed by atoms with E-state index in [1.807, 2.05) is 0 Å². The molecular formula is C6H14ClNS. The summed E-state index contributed by atoms with van der Waals surface area (Å²) in [6.45, 7) is 3.45. The molecule has 3 heteroatoms. The maximum absolute atomic E-state index is 3.42. The van der Waals surface area contributed by atoms with E-state index < -0.39 is 0 Å². The molecule has 0 radical (unpaired) electrons. The minimum absolute atomic E-state index is 0. The van der Waals surface area contributed by atoms with Gasteiger partial charge in [0.1, 0.15) is 0 Å². The molecule has 0 saturated carbocycles. The van der Waals surface area contributed by atoms with E-state index in [-0.39, 0.29) is 12.4 Å². The fourth-order valence-corrected chi connectivity index (χ4v) is 2.09.